The Morgan fingerprint density at radius 3 is 2.88 bits per heavy atom. The maximum Gasteiger partial charge on any atom is 0.254 e. The Morgan fingerprint density at radius 2 is 2.21 bits per heavy atom. The van der Waals surface area contributed by atoms with E-state index in [2.05, 4.69) is 15.5 Å². The number of primary sulfonamides is 1. The molecule has 0 aliphatic heterocycles. The maximum absolute atomic E-state index is 13.7. The molecule has 0 aliphatic carbocycles. The Kier molecular flexibility index (Phi) is 5.59. The van der Waals surface area contributed by atoms with E-state index in [1.807, 2.05) is 0 Å². The number of methoxy groups -OCH3 is 1. The summed E-state index contributed by atoms with van der Waals surface area (Å²) in [6.07, 6.45) is 0.221. The molecule has 0 aliphatic rings. The van der Waals surface area contributed by atoms with Crippen LogP contribution in [-0.2, 0) is 27.8 Å². The number of rotatable bonds is 7. The van der Waals surface area contributed by atoms with Gasteiger partial charge in [-0.05, 0) is 18.2 Å². The number of hydrogen-bond acceptors (Lipinski definition) is 7. The van der Waals surface area contributed by atoms with Gasteiger partial charge in [-0.1, -0.05) is 5.16 Å². The number of ether oxygens (including phenoxy) is 1. The number of halogens is 1. The second kappa shape index (κ2) is 7.47. The van der Waals surface area contributed by atoms with E-state index >= 15 is 0 Å². The van der Waals surface area contributed by atoms with Gasteiger partial charge in [0.25, 0.3) is 5.91 Å². The summed E-state index contributed by atoms with van der Waals surface area (Å²) in [6.45, 7) is 0.286. The highest BCUT2D eigenvalue weighted by Crippen LogP contribution is 2.14. The van der Waals surface area contributed by atoms with Crippen molar-refractivity contribution in [2.45, 2.75) is 17.9 Å². The van der Waals surface area contributed by atoms with Crippen LogP contribution < -0.4 is 10.5 Å². The maximum atomic E-state index is 13.7. The third-order valence-electron chi connectivity index (χ3n) is 2.92. The van der Waals surface area contributed by atoms with Crippen molar-refractivity contribution < 1.29 is 26.9 Å². The van der Waals surface area contributed by atoms with Gasteiger partial charge in [-0.25, -0.2) is 17.9 Å². The molecule has 24 heavy (non-hydrogen) atoms. The first-order valence-electron chi connectivity index (χ1n) is 6.72. The Morgan fingerprint density at radius 1 is 1.46 bits per heavy atom. The smallest absolute Gasteiger partial charge is 0.254 e. The molecule has 1 amide bonds. The minimum atomic E-state index is -4.03. The zero-order valence-corrected chi connectivity index (χ0v) is 13.5. The SMILES string of the molecule is COCc1noc(CCNC(=O)c2cc(S(N)(=O)=O)ccc2F)n1. The summed E-state index contributed by atoms with van der Waals surface area (Å²) in [7, 11) is -2.55. The predicted molar refractivity (Wildman–Crippen MR) is 78.8 cm³/mol. The van der Waals surface area contributed by atoms with Crippen LogP contribution in [0.5, 0.6) is 0 Å². The zero-order chi connectivity index (χ0) is 17.7. The molecule has 2 aromatic rings. The molecule has 9 nitrogen and oxygen atoms in total. The molecule has 0 bridgehead atoms. The Labute approximate surface area is 137 Å². The molecule has 130 valence electrons. The van der Waals surface area contributed by atoms with Crippen molar-refractivity contribution >= 4 is 15.9 Å². The van der Waals surface area contributed by atoms with Crippen LogP contribution >= 0.6 is 0 Å². The van der Waals surface area contributed by atoms with E-state index in [1.165, 1.54) is 7.11 Å². The highest BCUT2D eigenvalue weighted by Gasteiger charge is 2.17. The molecule has 11 heteroatoms. The number of nitrogens with zero attached hydrogens (tertiary/aromatic N) is 2. The molecule has 0 saturated heterocycles. The molecule has 0 fully saturated rings. The van der Waals surface area contributed by atoms with Crippen molar-refractivity contribution in [2.75, 3.05) is 13.7 Å². The fraction of sp³-hybridized carbons (Fsp3) is 0.308. The van der Waals surface area contributed by atoms with Crippen molar-refractivity contribution in [2.24, 2.45) is 5.14 Å². The van der Waals surface area contributed by atoms with Crippen molar-refractivity contribution in [3.63, 3.8) is 0 Å². The Balaban J connectivity index is 1.99. The van der Waals surface area contributed by atoms with E-state index in [9.17, 15) is 17.6 Å². The van der Waals surface area contributed by atoms with E-state index in [0.29, 0.717) is 5.82 Å². The average molecular weight is 358 g/mol. The molecular formula is C13H15FN4O5S. The van der Waals surface area contributed by atoms with Crippen LogP contribution in [0, 0.1) is 5.82 Å². The van der Waals surface area contributed by atoms with Crippen LogP contribution in [0.1, 0.15) is 22.1 Å². The van der Waals surface area contributed by atoms with Crippen LogP contribution in [0.2, 0.25) is 0 Å². The number of sulfonamides is 1. The molecule has 0 radical (unpaired) electrons. The summed E-state index contributed by atoms with van der Waals surface area (Å²) in [5, 5.41) is 11.0. The first-order valence-corrected chi connectivity index (χ1v) is 8.27. The number of amides is 1. The molecule has 2 rings (SSSR count). The number of nitrogens with two attached hydrogens (primary N) is 1. The molecule has 0 spiro atoms. The highest BCUT2D eigenvalue weighted by atomic mass is 32.2. The molecule has 1 heterocycles. The number of carbonyl (C=O) groups is 1. The fourth-order valence-electron chi connectivity index (χ4n) is 1.81. The van der Waals surface area contributed by atoms with Gasteiger partial charge in [-0.15, -0.1) is 0 Å². The minimum Gasteiger partial charge on any atom is -0.377 e. The van der Waals surface area contributed by atoms with E-state index in [-0.39, 0.29) is 30.4 Å². The molecule has 0 unspecified atom stereocenters. The van der Waals surface area contributed by atoms with Crippen molar-refractivity contribution in [3.05, 3.63) is 41.3 Å². The largest absolute Gasteiger partial charge is 0.377 e. The number of nitrogens with one attached hydrogen (secondary N) is 1. The van der Waals surface area contributed by atoms with Crippen LogP contribution in [0.3, 0.4) is 0 Å². The molecular weight excluding hydrogens is 343 g/mol. The third kappa shape index (κ3) is 4.57. The van der Waals surface area contributed by atoms with Crippen molar-refractivity contribution in [1.82, 2.24) is 15.5 Å². The zero-order valence-electron chi connectivity index (χ0n) is 12.7. The molecule has 1 aromatic carbocycles. The quantitative estimate of drug-likeness (QED) is 0.709. The van der Waals surface area contributed by atoms with Gasteiger partial charge < -0.3 is 14.6 Å². The van der Waals surface area contributed by atoms with E-state index in [0.717, 1.165) is 18.2 Å². The summed E-state index contributed by atoms with van der Waals surface area (Å²) < 4.78 is 46.0. The van der Waals surface area contributed by atoms with Gasteiger partial charge in [0.15, 0.2) is 5.82 Å². The van der Waals surface area contributed by atoms with Gasteiger partial charge in [0.05, 0.1) is 10.5 Å². The second-order valence-electron chi connectivity index (χ2n) is 4.73. The molecule has 1 aromatic heterocycles. The number of hydrogen-bond donors (Lipinski definition) is 2. The van der Waals surface area contributed by atoms with Gasteiger partial charge in [-0.3, -0.25) is 4.79 Å². The van der Waals surface area contributed by atoms with Crippen LogP contribution in [0.4, 0.5) is 4.39 Å². The van der Waals surface area contributed by atoms with Gasteiger partial charge in [0, 0.05) is 20.1 Å². The van der Waals surface area contributed by atoms with E-state index in [4.69, 9.17) is 14.4 Å². The van der Waals surface area contributed by atoms with Crippen LogP contribution in [-0.4, -0.2) is 38.1 Å². The first-order chi connectivity index (χ1) is 11.3. The topological polar surface area (TPSA) is 137 Å². The summed E-state index contributed by atoms with van der Waals surface area (Å²) in [5.74, 6) is -0.999. The average Bonchev–Trinajstić information content (AvgIpc) is 2.94. The normalized spacial score (nSPS) is 11.5. The monoisotopic (exact) mass is 358 g/mol. The third-order valence-corrected chi connectivity index (χ3v) is 3.83. The van der Waals surface area contributed by atoms with Gasteiger partial charge >= 0.3 is 0 Å². The number of carbonyl (C=O) groups excluding carboxylic acids is 1. The van der Waals surface area contributed by atoms with Gasteiger partial charge in [0.1, 0.15) is 12.4 Å². The number of benzene rings is 1. The van der Waals surface area contributed by atoms with Gasteiger partial charge in [-0.2, -0.15) is 4.98 Å². The Hall–Kier alpha value is -2.37. The summed E-state index contributed by atoms with van der Waals surface area (Å²) in [6, 6.07) is 2.73. The summed E-state index contributed by atoms with van der Waals surface area (Å²) in [4.78, 5) is 15.6. The summed E-state index contributed by atoms with van der Waals surface area (Å²) >= 11 is 0. The fourth-order valence-corrected chi connectivity index (χ4v) is 2.35. The minimum absolute atomic E-state index is 0.0898. The molecule has 3 N–H and O–H groups in total. The lowest BCUT2D eigenvalue weighted by atomic mass is 10.2. The highest BCUT2D eigenvalue weighted by molar-refractivity contribution is 7.89. The van der Waals surface area contributed by atoms with Crippen LogP contribution in [0.25, 0.3) is 0 Å². The predicted octanol–water partition coefficient (Wildman–Crippen LogP) is -0.0250. The van der Waals surface area contributed by atoms with Crippen LogP contribution in [0.15, 0.2) is 27.6 Å². The van der Waals surface area contributed by atoms with Crippen molar-refractivity contribution in [1.29, 1.82) is 0 Å². The standard InChI is InChI=1S/C13H15FN4O5S/c1-22-7-11-17-12(23-18-11)4-5-16-13(19)9-6-8(24(15,20)21)2-3-10(9)14/h2-3,6H,4-5,7H2,1H3,(H,16,19)(H2,15,20,21). The van der Waals surface area contributed by atoms with E-state index in [1.54, 1.807) is 0 Å². The van der Waals surface area contributed by atoms with E-state index < -0.39 is 27.3 Å². The second-order valence-corrected chi connectivity index (χ2v) is 6.29. The molecule has 0 atom stereocenters. The van der Waals surface area contributed by atoms with Crippen molar-refractivity contribution in [3.8, 4) is 0 Å². The lowest BCUT2D eigenvalue weighted by Gasteiger charge is -2.06. The lowest BCUT2D eigenvalue weighted by Crippen LogP contribution is -2.27. The lowest BCUT2D eigenvalue weighted by molar-refractivity contribution is 0.0949. The number of aromatic nitrogens is 2. The first kappa shape index (κ1) is 18.0. The summed E-state index contributed by atoms with van der Waals surface area (Å²) in [5.41, 5.74) is -0.424. The van der Waals surface area contributed by atoms with Gasteiger partial charge in [0.2, 0.25) is 15.9 Å². The Bertz CT molecular complexity index is 837. The molecule has 0 saturated carbocycles.